The Hall–Kier alpha value is -4.30. The van der Waals surface area contributed by atoms with Crippen molar-refractivity contribution < 1.29 is 34.0 Å². The van der Waals surface area contributed by atoms with Crippen LogP contribution in [0.1, 0.15) is 72.7 Å². The zero-order valence-electron chi connectivity index (χ0n) is 26.7. The molecule has 3 aromatic rings. The second kappa shape index (κ2) is 15.1. The van der Waals surface area contributed by atoms with E-state index < -0.39 is 12.5 Å². The molecule has 3 aliphatic carbocycles. The Kier molecular flexibility index (Phi) is 10.5. The molecule has 1 amide bonds. The van der Waals surface area contributed by atoms with Gasteiger partial charge in [0.2, 0.25) is 0 Å². The highest BCUT2D eigenvalue weighted by atomic mass is 19.3. The quantitative estimate of drug-likeness (QED) is 0.147. The van der Waals surface area contributed by atoms with Crippen LogP contribution in [0.5, 0.6) is 17.2 Å². The van der Waals surface area contributed by atoms with Gasteiger partial charge in [-0.3, -0.25) is 9.59 Å². The first-order chi connectivity index (χ1) is 22.8. The maximum atomic E-state index is 13.4. The molecule has 2 saturated carbocycles. The van der Waals surface area contributed by atoms with Gasteiger partial charge >= 0.3 is 6.61 Å². The van der Waals surface area contributed by atoms with E-state index in [1.807, 2.05) is 67.6 Å². The molecule has 0 unspecified atom stereocenters. The van der Waals surface area contributed by atoms with E-state index in [0.717, 1.165) is 48.6 Å². The second-order valence-electron chi connectivity index (χ2n) is 12.8. The number of fused-ring (bicyclic) bond motifs is 1. The highest BCUT2D eigenvalue weighted by Crippen LogP contribution is 2.34. The summed E-state index contributed by atoms with van der Waals surface area (Å²) < 4.78 is 43.2. The molecule has 0 heterocycles. The molecule has 0 spiro atoms. The number of alkyl halides is 2. The number of carbonyl (C=O) groups excluding carboxylic acids is 2. The number of carbonyl (C=O) groups is 2. The lowest BCUT2D eigenvalue weighted by Crippen LogP contribution is -2.32. The van der Waals surface area contributed by atoms with Crippen LogP contribution < -0.4 is 25.2 Å². The van der Waals surface area contributed by atoms with Gasteiger partial charge < -0.3 is 19.5 Å². The van der Waals surface area contributed by atoms with Crippen molar-refractivity contribution in [1.82, 2.24) is 5.32 Å². The summed E-state index contributed by atoms with van der Waals surface area (Å²) in [5.41, 5.74) is 2.85. The lowest BCUT2D eigenvalue weighted by atomic mass is 9.77. The minimum absolute atomic E-state index is 0. The van der Waals surface area contributed by atoms with E-state index in [1.165, 1.54) is 24.5 Å². The molecule has 3 aromatic carbocycles. The number of Topliss-reactive ketones (excluding diaryl/α,β-unsaturated/α-hetero) is 1. The minimum atomic E-state index is -3.06. The molecule has 0 radical (unpaired) electrons. The molecular weight excluding hydrogens is 600 g/mol. The lowest BCUT2D eigenvalue weighted by molar-refractivity contribution is -0.0508. The molecule has 8 heteroatoms. The number of benzene rings is 3. The van der Waals surface area contributed by atoms with Gasteiger partial charge in [0.25, 0.3) is 5.91 Å². The van der Waals surface area contributed by atoms with Crippen molar-refractivity contribution >= 4 is 23.8 Å². The van der Waals surface area contributed by atoms with E-state index in [0.29, 0.717) is 48.1 Å². The predicted molar refractivity (Wildman–Crippen MR) is 179 cm³/mol. The number of allylic oxidation sites excluding steroid dienone is 2. The van der Waals surface area contributed by atoms with E-state index in [9.17, 15) is 18.4 Å². The number of hydrogen-bond acceptors (Lipinski definition) is 5. The van der Waals surface area contributed by atoms with Crippen LogP contribution in [0, 0.1) is 24.7 Å². The van der Waals surface area contributed by atoms with Gasteiger partial charge in [0.05, 0.1) is 12.2 Å². The van der Waals surface area contributed by atoms with Crippen LogP contribution in [0.25, 0.3) is 12.2 Å². The smallest absolute Gasteiger partial charge is 0.387 e. The largest absolute Gasteiger partial charge is 0.457 e. The molecule has 0 saturated heterocycles. The third-order valence-electron chi connectivity index (χ3n) is 9.20. The third-order valence-corrected chi connectivity index (χ3v) is 9.20. The average molecular weight is 644 g/mol. The van der Waals surface area contributed by atoms with Crippen molar-refractivity contribution in [1.29, 1.82) is 0 Å². The van der Waals surface area contributed by atoms with Gasteiger partial charge in [0.1, 0.15) is 17.2 Å². The van der Waals surface area contributed by atoms with Crippen molar-refractivity contribution in [2.75, 3.05) is 19.8 Å². The highest BCUT2D eigenvalue weighted by molar-refractivity contribution is 5.98. The molecule has 47 heavy (non-hydrogen) atoms. The Morgan fingerprint density at radius 1 is 0.894 bits per heavy atom. The average Bonchev–Trinajstić information content (AvgIpc) is 3.81. The van der Waals surface area contributed by atoms with E-state index in [2.05, 4.69) is 11.4 Å². The van der Waals surface area contributed by atoms with Gasteiger partial charge in [-0.25, -0.2) is 0 Å². The Bertz CT molecular complexity index is 1730. The first-order valence-electron chi connectivity index (χ1n) is 16.6. The number of halogens is 2. The Balaban J connectivity index is 0.00000451. The number of amides is 1. The number of aryl methyl sites for hydroxylation is 1. The molecule has 0 atom stereocenters. The fourth-order valence-corrected chi connectivity index (χ4v) is 6.29. The van der Waals surface area contributed by atoms with Crippen LogP contribution in [0.15, 0.2) is 72.3 Å². The predicted octanol–water partition coefficient (Wildman–Crippen LogP) is 7.37. The highest BCUT2D eigenvalue weighted by Gasteiger charge is 2.27. The van der Waals surface area contributed by atoms with E-state index in [1.54, 1.807) is 6.07 Å². The van der Waals surface area contributed by atoms with E-state index >= 15 is 0 Å². The number of ketones is 1. The first-order valence-corrected chi connectivity index (χ1v) is 16.6. The summed E-state index contributed by atoms with van der Waals surface area (Å²) in [6, 6.07) is 18.5. The van der Waals surface area contributed by atoms with Gasteiger partial charge in [0.15, 0.2) is 5.78 Å². The molecule has 3 aliphatic rings. The van der Waals surface area contributed by atoms with Crippen molar-refractivity contribution in [2.24, 2.45) is 17.8 Å². The maximum Gasteiger partial charge on any atom is 0.387 e. The van der Waals surface area contributed by atoms with Gasteiger partial charge in [-0.15, -0.1) is 0 Å². The van der Waals surface area contributed by atoms with Crippen molar-refractivity contribution in [3.8, 4) is 17.2 Å². The number of rotatable bonds is 14. The van der Waals surface area contributed by atoms with E-state index in [4.69, 9.17) is 14.2 Å². The summed E-state index contributed by atoms with van der Waals surface area (Å²) in [7, 11) is 0. The van der Waals surface area contributed by atoms with Crippen LogP contribution in [0.3, 0.4) is 0 Å². The summed E-state index contributed by atoms with van der Waals surface area (Å²) in [5.74, 6) is 2.11. The number of ether oxygens (including phenoxy) is 3. The zero-order valence-corrected chi connectivity index (χ0v) is 26.7. The molecule has 0 bridgehead atoms. The monoisotopic (exact) mass is 643 g/mol. The Morgan fingerprint density at radius 3 is 2.26 bits per heavy atom. The summed E-state index contributed by atoms with van der Waals surface area (Å²) in [6.07, 6.45) is 12.6. The van der Waals surface area contributed by atoms with Gasteiger partial charge in [-0.1, -0.05) is 29.8 Å². The van der Waals surface area contributed by atoms with Gasteiger partial charge in [-0.2, -0.15) is 8.78 Å². The topological polar surface area (TPSA) is 73.9 Å². The van der Waals surface area contributed by atoms with Crippen molar-refractivity contribution in [2.45, 2.75) is 58.5 Å². The molecule has 6 rings (SSSR count). The normalized spacial score (nSPS) is 19.5. The molecule has 0 aliphatic heterocycles. The molecule has 6 nitrogen and oxygen atoms in total. The van der Waals surface area contributed by atoms with Crippen LogP contribution in [-0.4, -0.2) is 38.1 Å². The fourth-order valence-electron chi connectivity index (χ4n) is 6.29. The summed E-state index contributed by atoms with van der Waals surface area (Å²) in [6.45, 7) is 0.327. The molecule has 0 aromatic heterocycles. The lowest BCUT2D eigenvalue weighted by Gasteiger charge is -2.27. The number of hydrogen-bond donors (Lipinski definition) is 1. The van der Waals surface area contributed by atoms with Crippen LogP contribution in [0.2, 0.25) is 0 Å². The van der Waals surface area contributed by atoms with Crippen molar-refractivity contribution in [3.05, 3.63) is 99.4 Å². The van der Waals surface area contributed by atoms with Crippen LogP contribution in [0.4, 0.5) is 8.78 Å². The SMILES string of the molecule is Cc1ccc(Oc2ccc(C(=O)C3CCC(C/C=C4\C=c5ccc(C(=O)NCCOCC6CC6)c(OC(F)F)c5=C4)CC3)cc2)cc1.[HH]. The summed E-state index contributed by atoms with van der Waals surface area (Å²) in [5, 5.41) is 3.98. The third kappa shape index (κ3) is 8.74. The molecule has 2 fully saturated rings. The van der Waals surface area contributed by atoms with Crippen LogP contribution in [-0.2, 0) is 4.74 Å². The zero-order chi connectivity index (χ0) is 32.8. The number of nitrogens with one attached hydrogen (secondary N) is 1. The van der Waals surface area contributed by atoms with Gasteiger partial charge in [-0.05, 0) is 129 Å². The Labute approximate surface area is 275 Å². The molecule has 1 N–H and O–H groups in total. The standard InChI is InChI=1S/C39H41F2NO5.H2/c1-25-2-15-32(16-3-25)46-33-17-12-30(13-18-33)36(43)29-10-8-26(9-11-29)4-7-28-22-31-14-19-34(37(35(31)23-28)47-39(40)41)38(44)42-20-21-45-24-27-5-6-27;/h2-3,7,12-19,22-23,26-27,29,39H,4-6,8-11,20-21,24H2,1H3,(H,42,44);1H/b28-7+;. The summed E-state index contributed by atoms with van der Waals surface area (Å²) >= 11 is 0. The fraction of sp³-hybridized carbons (Fsp3) is 0.385. The molecule has 248 valence electrons. The maximum absolute atomic E-state index is 13.4. The van der Waals surface area contributed by atoms with E-state index in [-0.39, 0.29) is 24.4 Å². The minimum Gasteiger partial charge on any atom is -0.457 e. The summed E-state index contributed by atoms with van der Waals surface area (Å²) in [4.78, 5) is 26.1. The van der Waals surface area contributed by atoms with Gasteiger partial charge in [0, 0.05) is 31.3 Å². The van der Waals surface area contributed by atoms with Crippen LogP contribution >= 0.6 is 0 Å². The Morgan fingerprint density at radius 2 is 1.57 bits per heavy atom. The molecular formula is C39H43F2NO5. The first kappa shape index (κ1) is 32.6. The second-order valence-corrected chi connectivity index (χ2v) is 12.8. The van der Waals surface area contributed by atoms with Crippen molar-refractivity contribution in [3.63, 3.8) is 0 Å².